The number of ether oxygens (including phenoxy) is 1. The minimum absolute atomic E-state index is 0.0703. The molecule has 1 saturated heterocycles. The Balaban J connectivity index is 0.00000129. The Labute approximate surface area is 195 Å². The first kappa shape index (κ1) is 27.3. The van der Waals surface area contributed by atoms with Crippen molar-refractivity contribution < 1.29 is 37.1 Å². The molecule has 1 aliphatic rings. The van der Waals surface area contributed by atoms with Crippen LogP contribution in [0.25, 0.3) is 0 Å². The standard InChI is InChI=1S/C21H27F3N4O3.CH2O2/c1-21(2,11-30-3)20-26-19(31-27-20)17-5-4-6-28(17)18(29)9-13(25)7-12-8-15(23)16(24)10-14(12)22;2-1-3/h8,10,13,17H,4-7,9,11,25H2,1-3H3;1H,(H,2,3)/t13?,17-;/m0./s1. The van der Waals surface area contributed by atoms with Gasteiger partial charge in [0.25, 0.3) is 6.47 Å². The first-order chi connectivity index (χ1) is 16.0. The van der Waals surface area contributed by atoms with Gasteiger partial charge in [-0.1, -0.05) is 19.0 Å². The summed E-state index contributed by atoms with van der Waals surface area (Å²) in [5.74, 6) is -2.71. The van der Waals surface area contributed by atoms with E-state index in [0.29, 0.717) is 37.4 Å². The molecule has 0 saturated carbocycles. The fraction of sp³-hybridized carbons (Fsp3) is 0.545. The number of methoxy groups -OCH3 is 1. The monoisotopic (exact) mass is 486 g/mol. The average Bonchev–Trinajstić information content (AvgIpc) is 3.42. The molecule has 2 heterocycles. The molecule has 0 spiro atoms. The fourth-order valence-corrected chi connectivity index (χ4v) is 3.81. The SMILES string of the molecule is COCC(C)(C)c1noc([C@@H]2CCCN2C(=O)CC(N)Cc2cc(F)c(F)cc2F)n1.O=CO. The van der Waals surface area contributed by atoms with Gasteiger partial charge in [-0.25, -0.2) is 13.2 Å². The van der Waals surface area contributed by atoms with E-state index < -0.39 is 28.9 Å². The van der Waals surface area contributed by atoms with E-state index in [2.05, 4.69) is 10.1 Å². The van der Waals surface area contributed by atoms with Gasteiger partial charge in [-0.3, -0.25) is 9.59 Å². The summed E-state index contributed by atoms with van der Waals surface area (Å²) in [6, 6.07) is 0.134. The zero-order valence-electron chi connectivity index (χ0n) is 19.3. The molecule has 12 heteroatoms. The lowest BCUT2D eigenvalue weighted by molar-refractivity contribution is -0.133. The average molecular weight is 486 g/mol. The van der Waals surface area contributed by atoms with Crippen molar-refractivity contribution in [1.82, 2.24) is 15.0 Å². The molecule has 2 aromatic rings. The molecule has 1 aromatic heterocycles. The summed E-state index contributed by atoms with van der Waals surface area (Å²) in [6.07, 6.45) is 1.27. The number of carboxylic acid groups (broad SMARTS) is 1. The molecule has 0 aliphatic carbocycles. The van der Waals surface area contributed by atoms with Crippen molar-refractivity contribution in [2.24, 2.45) is 5.73 Å². The van der Waals surface area contributed by atoms with Crippen LogP contribution < -0.4 is 5.73 Å². The lowest BCUT2D eigenvalue weighted by Gasteiger charge is -2.24. The number of hydrogen-bond donors (Lipinski definition) is 2. The number of nitrogens with two attached hydrogens (primary N) is 1. The molecule has 188 valence electrons. The topological polar surface area (TPSA) is 132 Å². The van der Waals surface area contributed by atoms with Crippen molar-refractivity contribution in [3.8, 4) is 0 Å². The van der Waals surface area contributed by atoms with Gasteiger partial charge in [-0.2, -0.15) is 4.98 Å². The van der Waals surface area contributed by atoms with E-state index in [1.54, 1.807) is 12.0 Å². The quantitative estimate of drug-likeness (QED) is 0.430. The highest BCUT2D eigenvalue weighted by Crippen LogP contribution is 2.33. The minimum Gasteiger partial charge on any atom is -0.483 e. The Kier molecular flexibility index (Phi) is 9.56. The maximum Gasteiger partial charge on any atom is 0.290 e. The first-order valence-corrected chi connectivity index (χ1v) is 10.6. The van der Waals surface area contributed by atoms with Crippen LogP contribution in [0.5, 0.6) is 0 Å². The van der Waals surface area contributed by atoms with Crippen molar-refractivity contribution >= 4 is 12.4 Å². The molecule has 9 nitrogen and oxygen atoms in total. The van der Waals surface area contributed by atoms with Gasteiger partial charge < -0.3 is 25.0 Å². The van der Waals surface area contributed by atoms with E-state index in [1.165, 1.54) is 0 Å². The lowest BCUT2D eigenvalue weighted by atomic mass is 9.94. The predicted molar refractivity (Wildman–Crippen MR) is 114 cm³/mol. The predicted octanol–water partition coefficient (Wildman–Crippen LogP) is 2.74. The fourth-order valence-electron chi connectivity index (χ4n) is 3.81. The van der Waals surface area contributed by atoms with Crippen LogP contribution in [0.4, 0.5) is 13.2 Å². The van der Waals surface area contributed by atoms with Gasteiger partial charge >= 0.3 is 0 Å². The summed E-state index contributed by atoms with van der Waals surface area (Å²) in [6.45, 7) is 4.53. The maximum absolute atomic E-state index is 13.9. The van der Waals surface area contributed by atoms with E-state index in [4.69, 9.17) is 24.9 Å². The van der Waals surface area contributed by atoms with Gasteiger partial charge in [-0.05, 0) is 30.9 Å². The third-order valence-electron chi connectivity index (χ3n) is 5.42. The van der Waals surface area contributed by atoms with Crippen LogP contribution in [0.2, 0.25) is 0 Å². The molecule has 3 rings (SSSR count). The number of hydrogen-bond acceptors (Lipinski definition) is 7. The van der Waals surface area contributed by atoms with Crippen LogP contribution in [0, 0.1) is 17.5 Å². The van der Waals surface area contributed by atoms with Crippen molar-refractivity contribution in [3.05, 3.63) is 46.9 Å². The molecule has 1 unspecified atom stereocenters. The van der Waals surface area contributed by atoms with Crippen LogP contribution in [0.3, 0.4) is 0 Å². The number of amides is 1. The van der Waals surface area contributed by atoms with Gasteiger partial charge in [0.1, 0.15) is 11.9 Å². The largest absolute Gasteiger partial charge is 0.483 e. The van der Waals surface area contributed by atoms with Crippen molar-refractivity contribution in [2.75, 3.05) is 20.3 Å². The number of likely N-dealkylation sites (tertiary alicyclic amines) is 1. The highest BCUT2D eigenvalue weighted by molar-refractivity contribution is 5.77. The first-order valence-electron chi connectivity index (χ1n) is 10.6. The van der Waals surface area contributed by atoms with Crippen LogP contribution >= 0.6 is 0 Å². The Morgan fingerprint density at radius 3 is 2.65 bits per heavy atom. The summed E-state index contributed by atoms with van der Waals surface area (Å²) in [5.41, 5.74) is 5.50. The zero-order valence-corrected chi connectivity index (χ0v) is 19.3. The molecule has 1 fully saturated rings. The van der Waals surface area contributed by atoms with Gasteiger partial charge in [0, 0.05) is 32.2 Å². The Bertz CT molecular complexity index is 985. The lowest BCUT2D eigenvalue weighted by Crippen LogP contribution is -2.36. The van der Waals surface area contributed by atoms with E-state index in [1.807, 2.05) is 13.8 Å². The Morgan fingerprint density at radius 1 is 1.35 bits per heavy atom. The third kappa shape index (κ3) is 6.76. The number of benzene rings is 1. The molecule has 2 atom stereocenters. The van der Waals surface area contributed by atoms with Crippen LogP contribution in [-0.2, 0) is 26.2 Å². The number of aromatic nitrogens is 2. The van der Waals surface area contributed by atoms with Gasteiger partial charge in [0.2, 0.25) is 11.8 Å². The Hall–Kier alpha value is -2.99. The Morgan fingerprint density at radius 2 is 2.00 bits per heavy atom. The number of nitrogens with zero attached hydrogens (tertiary/aromatic N) is 3. The van der Waals surface area contributed by atoms with Gasteiger partial charge in [0.05, 0.1) is 12.0 Å². The molecule has 3 N–H and O–H groups in total. The molecule has 1 aromatic carbocycles. The molecule has 34 heavy (non-hydrogen) atoms. The molecular formula is C22H29F3N4O5. The van der Waals surface area contributed by atoms with Crippen LogP contribution in [-0.4, -0.2) is 58.8 Å². The number of rotatable bonds is 8. The van der Waals surface area contributed by atoms with Crippen molar-refractivity contribution in [2.45, 2.75) is 57.0 Å². The zero-order chi connectivity index (χ0) is 25.5. The summed E-state index contributed by atoms with van der Waals surface area (Å²) in [5, 5.41) is 10.9. The van der Waals surface area contributed by atoms with E-state index in [0.717, 1.165) is 12.5 Å². The van der Waals surface area contributed by atoms with Gasteiger partial charge in [-0.15, -0.1) is 0 Å². The molecule has 0 bridgehead atoms. The van der Waals surface area contributed by atoms with Crippen LogP contribution in [0.15, 0.2) is 16.7 Å². The summed E-state index contributed by atoms with van der Waals surface area (Å²) in [7, 11) is 1.59. The number of carbonyl (C=O) groups excluding carboxylic acids is 1. The summed E-state index contributed by atoms with van der Waals surface area (Å²) in [4.78, 5) is 27.3. The van der Waals surface area contributed by atoms with Crippen molar-refractivity contribution in [3.63, 3.8) is 0 Å². The third-order valence-corrected chi connectivity index (χ3v) is 5.42. The van der Waals surface area contributed by atoms with Crippen molar-refractivity contribution in [1.29, 1.82) is 0 Å². The second-order valence-electron chi connectivity index (χ2n) is 8.65. The molecular weight excluding hydrogens is 457 g/mol. The summed E-state index contributed by atoms with van der Waals surface area (Å²) < 4.78 is 51.0. The minimum atomic E-state index is -1.27. The molecule has 0 radical (unpaired) electrons. The second kappa shape index (κ2) is 11.9. The smallest absolute Gasteiger partial charge is 0.290 e. The molecule has 1 aliphatic heterocycles. The normalized spacial score (nSPS) is 16.7. The second-order valence-corrected chi connectivity index (χ2v) is 8.65. The highest BCUT2D eigenvalue weighted by atomic mass is 19.2. The van der Waals surface area contributed by atoms with E-state index in [-0.39, 0.29) is 36.8 Å². The highest BCUT2D eigenvalue weighted by Gasteiger charge is 2.36. The van der Waals surface area contributed by atoms with Gasteiger partial charge in [0.15, 0.2) is 17.5 Å². The summed E-state index contributed by atoms with van der Waals surface area (Å²) >= 11 is 0. The molecule has 1 amide bonds. The number of carbonyl (C=O) groups is 2. The van der Waals surface area contributed by atoms with Crippen LogP contribution in [0.1, 0.15) is 56.4 Å². The maximum atomic E-state index is 13.9. The van der Waals surface area contributed by atoms with E-state index in [9.17, 15) is 18.0 Å². The number of halogens is 3. The van der Waals surface area contributed by atoms with E-state index >= 15 is 0 Å².